The van der Waals surface area contributed by atoms with Crippen LogP contribution >= 0.6 is 11.6 Å². The maximum Gasteiger partial charge on any atom is 0.170 e. The molecule has 0 saturated carbocycles. The van der Waals surface area contributed by atoms with Gasteiger partial charge in [0.2, 0.25) is 0 Å². The molecule has 2 nitrogen and oxygen atoms in total. The van der Waals surface area contributed by atoms with Gasteiger partial charge in [-0.2, -0.15) is 0 Å². The van der Waals surface area contributed by atoms with Crippen molar-refractivity contribution in [3.8, 4) is 0 Å². The van der Waals surface area contributed by atoms with Crippen LogP contribution in [0.3, 0.4) is 0 Å². The minimum atomic E-state index is -0.342. The van der Waals surface area contributed by atoms with E-state index in [0.29, 0.717) is 17.9 Å². The molecule has 2 aromatic rings. The Morgan fingerprint density at radius 1 is 1.22 bits per heavy atom. The molecule has 0 bridgehead atoms. The zero-order valence-corrected chi connectivity index (χ0v) is 10.9. The molecule has 0 radical (unpaired) electrons. The van der Waals surface area contributed by atoms with Crippen molar-refractivity contribution < 1.29 is 4.39 Å². The Hall–Kier alpha value is -1.61. The van der Waals surface area contributed by atoms with Crippen LogP contribution < -0.4 is 4.90 Å². The topological polar surface area (TPSA) is 16.1 Å². The first kappa shape index (κ1) is 12.8. The summed E-state index contributed by atoms with van der Waals surface area (Å²) in [5.74, 6) is 0.142. The summed E-state index contributed by atoms with van der Waals surface area (Å²) in [5, 5.41) is 0. The summed E-state index contributed by atoms with van der Waals surface area (Å²) in [6, 6.07) is 11.5. The monoisotopic (exact) mass is 264 g/mol. The molecule has 0 aliphatic heterocycles. The molecule has 1 aromatic carbocycles. The second kappa shape index (κ2) is 5.83. The minimum Gasteiger partial charge on any atom is -0.353 e. The summed E-state index contributed by atoms with van der Waals surface area (Å²) in [7, 11) is 1.82. The van der Waals surface area contributed by atoms with E-state index < -0.39 is 0 Å². The summed E-state index contributed by atoms with van der Waals surface area (Å²) >= 11 is 5.68. The van der Waals surface area contributed by atoms with Crippen molar-refractivity contribution in [2.24, 2.45) is 0 Å². The fourth-order valence-corrected chi connectivity index (χ4v) is 1.98. The Balaban J connectivity index is 2.21. The number of halogens is 2. The number of alkyl halides is 1. The number of rotatable bonds is 4. The average molecular weight is 265 g/mol. The highest BCUT2D eigenvalue weighted by molar-refractivity contribution is 6.17. The average Bonchev–Trinajstić information content (AvgIpc) is 2.40. The Bertz CT molecular complexity index is 516. The van der Waals surface area contributed by atoms with Crippen molar-refractivity contribution in [2.45, 2.75) is 12.4 Å². The highest BCUT2D eigenvalue weighted by atomic mass is 35.5. The molecular weight excluding hydrogens is 251 g/mol. The summed E-state index contributed by atoms with van der Waals surface area (Å²) < 4.78 is 14.0. The fraction of sp³-hybridized carbons (Fsp3) is 0.214. The molecule has 1 heterocycles. The van der Waals surface area contributed by atoms with Gasteiger partial charge in [0, 0.05) is 25.4 Å². The lowest BCUT2D eigenvalue weighted by Gasteiger charge is -2.19. The van der Waals surface area contributed by atoms with Gasteiger partial charge < -0.3 is 4.90 Å². The third kappa shape index (κ3) is 2.79. The first-order valence-corrected chi connectivity index (χ1v) is 6.20. The second-order valence-corrected chi connectivity index (χ2v) is 4.35. The zero-order chi connectivity index (χ0) is 13.0. The van der Waals surface area contributed by atoms with Crippen molar-refractivity contribution >= 4 is 17.4 Å². The van der Waals surface area contributed by atoms with E-state index in [-0.39, 0.29) is 11.7 Å². The number of anilines is 1. The van der Waals surface area contributed by atoms with Crippen molar-refractivity contribution in [1.82, 2.24) is 4.98 Å². The number of hydrogen-bond donors (Lipinski definition) is 0. The van der Waals surface area contributed by atoms with Crippen molar-refractivity contribution in [2.75, 3.05) is 11.9 Å². The molecule has 0 aliphatic rings. The zero-order valence-electron chi connectivity index (χ0n) is 10.1. The number of benzene rings is 1. The lowest BCUT2D eigenvalue weighted by molar-refractivity contribution is 0.604. The van der Waals surface area contributed by atoms with Crippen LogP contribution in [0.25, 0.3) is 0 Å². The van der Waals surface area contributed by atoms with Crippen LogP contribution in [0.2, 0.25) is 0 Å². The minimum absolute atomic E-state index is 0.153. The standard InChI is InChI=1S/C14H14ClFN2/c1-18(10-11-5-3-2-4-6-11)14-13(16)12(9-15)7-8-17-14/h2-8H,9-10H2,1H3. The molecule has 1 aromatic heterocycles. The third-order valence-electron chi connectivity index (χ3n) is 2.72. The molecule has 94 valence electrons. The summed E-state index contributed by atoms with van der Waals surface area (Å²) in [6.45, 7) is 0.608. The Morgan fingerprint density at radius 2 is 1.94 bits per heavy atom. The molecule has 0 amide bonds. The van der Waals surface area contributed by atoms with Crippen LogP contribution in [0, 0.1) is 5.82 Å². The van der Waals surface area contributed by atoms with E-state index in [9.17, 15) is 4.39 Å². The summed E-state index contributed by atoms with van der Waals surface area (Å²) in [5.41, 5.74) is 1.58. The van der Waals surface area contributed by atoms with Gasteiger partial charge in [0.15, 0.2) is 11.6 Å². The van der Waals surface area contributed by atoms with Crippen LogP contribution in [0.4, 0.5) is 10.2 Å². The predicted molar refractivity (Wildman–Crippen MR) is 72.3 cm³/mol. The summed E-state index contributed by atoms with van der Waals surface area (Å²) in [6.07, 6.45) is 1.58. The molecular formula is C14H14ClFN2. The van der Waals surface area contributed by atoms with Crippen molar-refractivity contribution in [3.05, 3.63) is 59.5 Å². The Kier molecular flexibility index (Phi) is 4.15. The second-order valence-electron chi connectivity index (χ2n) is 4.08. The van der Waals surface area contributed by atoms with Gasteiger partial charge in [0.1, 0.15) is 0 Å². The van der Waals surface area contributed by atoms with E-state index in [1.54, 1.807) is 17.2 Å². The number of aromatic nitrogens is 1. The van der Waals surface area contributed by atoms with Gasteiger partial charge in [0.05, 0.1) is 5.88 Å². The Morgan fingerprint density at radius 3 is 2.61 bits per heavy atom. The lowest BCUT2D eigenvalue weighted by atomic mass is 10.2. The quantitative estimate of drug-likeness (QED) is 0.785. The van der Waals surface area contributed by atoms with Crippen LogP contribution in [0.1, 0.15) is 11.1 Å². The highest BCUT2D eigenvalue weighted by Crippen LogP contribution is 2.21. The third-order valence-corrected chi connectivity index (χ3v) is 3.01. The molecule has 0 saturated heterocycles. The molecule has 0 unspecified atom stereocenters. The van der Waals surface area contributed by atoms with E-state index in [1.165, 1.54) is 0 Å². The van der Waals surface area contributed by atoms with E-state index in [1.807, 2.05) is 37.4 Å². The van der Waals surface area contributed by atoms with Gasteiger partial charge >= 0.3 is 0 Å². The van der Waals surface area contributed by atoms with Gasteiger partial charge in [-0.3, -0.25) is 0 Å². The molecule has 2 rings (SSSR count). The molecule has 0 N–H and O–H groups in total. The van der Waals surface area contributed by atoms with E-state index in [4.69, 9.17) is 11.6 Å². The molecule has 0 spiro atoms. The Labute approximate surface area is 111 Å². The largest absolute Gasteiger partial charge is 0.353 e. The van der Waals surface area contributed by atoms with Gasteiger partial charge in [-0.15, -0.1) is 11.6 Å². The van der Waals surface area contributed by atoms with E-state index >= 15 is 0 Å². The number of nitrogens with zero attached hydrogens (tertiary/aromatic N) is 2. The molecule has 18 heavy (non-hydrogen) atoms. The molecule has 0 aliphatic carbocycles. The maximum atomic E-state index is 14.0. The van der Waals surface area contributed by atoms with Crippen LogP contribution in [-0.2, 0) is 12.4 Å². The SMILES string of the molecule is CN(Cc1ccccc1)c1nccc(CCl)c1F. The molecule has 4 heteroatoms. The van der Waals surface area contributed by atoms with Gasteiger partial charge in [0.25, 0.3) is 0 Å². The number of pyridine rings is 1. The fourth-order valence-electron chi connectivity index (χ4n) is 1.77. The van der Waals surface area contributed by atoms with E-state index in [0.717, 1.165) is 5.56 Å². The lowest BCUT2D eigenvalue weighted by Crippen LogP contribution is -2.19. The normalized spacial score (nSPS) is 10.4. The highest BCUT2D eigenvalue weighted by Gasteiger charge is 2.12. The first-order chi connectivity index (χ1) is 8.72. The maximum absolute atomic E-state index is 14.0. The number of hydrogen-bond acceptors (Lipinski definition) is 2. The van der Waals surface area contributed by atoms with Crippen molar-refractivity contribution in [3.63, 3.8) is 0 Å². The van der Waals surface area contributed by atoms with E-state index in [2.05, 4.69) is 4.98 Å². The van der Waals surface area contributed by atoms with Gasteiger partial charge in [-0.25, -0.2) is 9.37 Å². The predicted octanol–water partition coefficient (Wildman–Crippen LogP) is 3.60. The van der Waals surface area contributed by atoms with Gasteiger partial charge in [-0.05, 0) is 11.6 Å². The van der Waals surface area contributed by atoms with Crippen LogP contribution in [0.5, 0.6) is 0 Å². The van der Waals surface area contributed by atoms with Gasteiger partial charge in [-0.1, -0.05) is 30.3 Å². The van der Waals surface area contributed by atoms with Crippen LogP contribution in [0.15, 0.2) is 42.6 Å². The van der Waals surface area contributed by atoms with Crippen LogP contribution in [-0.4, -0.2) is 12.0 Å². The smallest absolute Gasteiger partial charge is 0.170 e. The first-order valence-electron chi connectivity index (χ1n) is 5.66. The molecule has 0 atom stereocenters. The van der Waals surface area contributed by atoms with Crippen molar-refractivity contribution in [1.29, 1.82) is 0 Å². The molecule has 0 fully saturated rings. The summed E-state index contributed by atoms with van der Waals surface area (Å²) in [4.78, 5) is 5.85.